The van der Waals surface area contributed by atoms with Crippen molar-refractivity contribution in [3.05, 3.63) is 34.9 Å². The van der Waals surface area contributed by atoms with E-state index in [0.717, 1.165) is 56.9 Å². The van der Waals surface area contributed by atoms with Gasteiger partial charge in [-0.25, -0.2) is 0 Å². The van der Waals surface area contributed by atoms with Crippen molar-refractivity contribution in [2.24, 2.45) is 5.92 Å². The fourth-order valence-electron chi connectivity index (χ4n) is 5.76. The highest BCUT2D eigenvalue weighted by molar-refractivity contribution is 5.44. The van der Waals surface area contributed by atoms with Crippen molar-refractivity contribution in [2.45, 2.75) is 142 Å². The molecular formula is C29H50O3. The summed E-state index contributed by atoms with van der Waals surface area (Å²) in [6, 6.07) is 0. The highest BCUT2D eigenvalue weighted by Gasteiger charge is 2.48. The summed E-state index contributed by atoms with van der Waals surface area (Å²) >= 11 is 0. The van der Waals surface area contributed by atoms with E-state index in [9.17, 15) is 10.2 Å². The van der Waals surface area contributed by atoms with Gasteiger partial charge in [0.1, 0.15) is 5.60 Å². The van der Waals surface area contributed by atoms with Gasteiger partial charge in [-0.15, -0.1) is 0 Å². The molecule has 0 aromatic heterocycles. The first-order valence-corrected chi connectivity index (χ1v) is 13.1. The minimum absolute atomic E-state index is 0.104. The third-order valence-corrected chi connectivity index (χ3v) is 8.26. The lowest BCUT2D eigenvalue weighted by atomic mass is 9.70. The van der Waals surface area contributed by atoms with Gasteiger partial charge in [-0.2, -0.15) is 0 Å². The average molecular weight is 447 g/mol. The maximum Gasteiger partial charge on any atom is 0.111 e. The lowest BCUT2D eigenvalue weighted by Crippen LogP contribution is -2.51. The minimum Gasteiger partial charge on any atom is -0.390 e. The molecule has 2 N–H and O–H groups in total. The molecular weight excluding hydrogens is 396 g/mol. The zero-order valence-electron chi connectivity index (χ0n) is 22.0. The van der Waals surface area contributed by atoms with Gasteiger partial charge < -0.3 is 14.9 Å². The monoisotopic (exact) mass is 446 g/mol. The topological polar surface area (TPSA) is 49.7 Å². The Balaban J connectivity index is 1.82. The van der Waals surface area contributed by atoms with Gasteiger partial charge in [0.05, 0.1) is 17.3 Å². The van der Waals surface area contributed by atoms with Crippen LogP contribution in [0.1, 0.15) is 119 Å². The first-order valence-electron chi connectivity index (χ1n) is 13.1. The zero-order chi connectivity index (χ0) is 24.0. The molecule has 5 unspecified atom stereocenters. The number of hydrogen-bond acceptors (Lipinski definition) is 3. The second kappa shape index (κ2) is 11.5. The van der Waals surface area contributed by atoms with Gasteiger partial charge in [0.15, 0.2) is 0 Å². The first-order chi connectivity index (χ1) is 15.0. The van der Waals surface area contributed by atoms with Crippen molar-refractivity contribution < 1.29 is 14.9 Å². The molecule has 0 saturated carbocycles. The van der Waals surface area contributed by atoms with Crippen LogP contribution in [0.4, 0.5) is 0 Å². The van der Waals surface area contributed by atoms with E-state index < -0.39 is 11.7 Å². The predicted octanol–water partition coefficient (Wildman–Crippen LogP) is 7.43. The maximum atomic E-state index is 10.6. The summed E-state index contributed by atoms with van der Waals surface area (Å²) in [5.41, 5.74) is 2.58. The predicted molar refractivity (Wildman–Crippen MR) is 136 cm³/mol. The van der Waals surface area contributed by atoms with E-state index in [1.165, 1.54) is 30.4 Å². The molecule has 32 heavy (non-hydrogen) atoms. The van der Waals surface area contributed by atoms with Gasteiger partial charge >= 0.3 is 0 Å². The summed E-state index contributed by atoms with van der Waals surface area (Å²) in [6.45, 7) is 15.1. The fourth-order valence-corrected chi connectivity index (χ4v) is 5.76. The fraction of sp³-hybridized carbons (Fsp3) is 0.793. The number of rotatable bonds is 12. The third kappa shape index (κ3) is 6.81. The molecule has 1 fully saturated rings. The summed E-state index contributed by atoms with van der Waals surface area (Å²) in [4.78, 5) is 0. The zero-order valence-corrected chi connectivity index (χ0v) is 22.0. The van der Waals surface area contributed by atoms with Crippen LogP contribution in [-0.2, 0) is 4.74 Å². The van der Waals surface area contributed by atoms with Crippen LogP contribution >= 0.6 is 0 Å². The molecule has 0 aromatic carbocycles. The van der Waals surface area contributed by atoms with Crippen LogP contribution < -0.4 is 0 Å². The molecule has 1 aliphatic heterocycles. The van der Waals surface area contributed by atoms with Crippen molar-refractivity contribution in [3.8, 4) is 0 Å². The van der Waals surface area contributed by atoms with Crippen LogP contribution in [0.25, 0.3) is 0 Å². The van der Waals surface area contributed by atoms with Gasteiger partial charge in [-0.1, -0.05) is 51.7 Å². The van der Waals surface area contributed by atoms with E-state index in [4.69, 9.17) is 4.74 Å². The molecule has 0 spiro atoms. The average Bonchev–Trinajstić information content (AvgIpc) is 2.73. The molecule has 184 valence electrons. The lowest BCUT2D eigenvalue weighted by molar-refractivity contribution is -0.144. The van der Waals surface area contributed by atoms with E-state index in [1.807, 2.05) is 26.8 Å². The Labute approximate surface area is 198 Å². The minimum atomic E-state index is -0.542. The van der Waals surface area contributed by atoms with Gasteiger partial charge in [0.2, 0.25) is 0 Å². The van der Waals surface area contributed by atoms with E-state index >= 15 is 0 Å². The Hall–Kier alpha value is -0.900. The number of aliphatic hydroxyl groups is 2. The van der Waals surface area contributed by atoms with Crippen molar-refractivity contribution >= 4 is 0 Å². The molecule has 5 atom stereocenters. The number of aliphatic hydroxyl groups excluding tert-OH is 1. The molecule has 1 aliphatic carbocycles. The summed E-state index contributed by atoms with van der Waals surface area (Å²) in [7, 11) is 0. The lowest BCUT2D eigenvalue weighted by Gasteiger charge is -2.51. The van der Waals surface area contributed by atoms with Crippen molar-refractivity contribution in [3.63, 3.8) is 0 Å². The van der Waals surface area contributed by atoms with E-state index in [-0.39, 0.29) is 11.2 Å². The van der Waals surface area contributed by atoms with E-state index in [2.05, 4.69) is 39.8 Å². The number of fused-ring (bicyclic) bond motifs is 1. The van der Waals surface area contributed by atoms with Crippen molar-refractivity contribution in [1.82, 2.24) is 0 Å². The highest BCUT2D eigenvalue weighted by atomic mass is 16.5. The summed E-state index contributed by atoms with van der Waals surface area (Å²) in [5, 5.41) is 21.0. The Bertz CT molecular complexity index is 701. The number of hydrogen-bond donors (Lipinski definition) is 2. The van der Waals surface area contributed by atoms with Crippen molar-refractivity contribution in [1.29, 1.82) is 0 Å². The second-order valence-corrected chi connectivity index (χ2v) is 11.2. The summed E-state index contributed by atoms with van der Waals surface area (Å²) < 4.78 is 6.92. The maximum absolute atomic E-state index is 10.6. The van der Waals surface area contributed by atoms with Gasteiger partial charge in [-0.05, 0) is 108 Å². The molecule has 0 radical (unpaired) electrons. The standard InChI is InChI=1S/C29H50O3/c1-8-10-11-17-27(6,31)18-12-14-22(3)15-13-19-28(7)20-16-25-21-26(30)23(4)24(5)29(25,9-2)32-28/h8,10,21-22,26,30-31H,9,11-20H2,1-7H3/b10-8-. The largest absolute Gasteiger partial charge is 0.390 e. The first kappa shape index (κ1) is 27.3. The molecule has 1 saturated heterocycles. The molecule has 0 aromatic rings. The summed E-state index contributed by atoms with van der Waals surface area (Å²) in [6.07, 6.45) is 17.2. The molecule has 1 heterocycles. The molecule has 3 nitrogen and oxygen atoms in total. The Morgan fingerprint density at radius 2 is 1.94 bits per heavy atom. The highest BCUT2D eigenvalue weighted by Crippen LogP contribution is 2.50. The van der Waals surface area contributed by atoms with Gasteiger partial charge in [-0.3, -0.25) is 0 Å². The number of allylic oxidation sites excluding steroid dienone is 2. The van der Waals surface area contributed by atoms with Crippen molar-refractivity contribution in [2.75, 3.05) is 0 Å². The Morgan fingerprint density at radius 3 is 2.59 bits per heavy atom. The SMILES string of the molecule is C/C=C\CCC(C)(O)CCCC(C)CCCC1(C)CCC2=CC(O)C(C)=C(C)C2(CC)O1. The van der Waals surface area contributed by atoms with Crippen LogP contribution in [0, 0.1) is 5.92 Å². The van der Waals surface area contributed by atoms with Crippen LogP contribution in [-0.4, -0.2) is 33.1 Å². The molecule has 3 heteroatoms. The third-order valence-electron chi connectivity index (χ3n) is 8.26. The van der Waals surface area contributed by atoms with E-state index in [0.29, 0.717) is 5.92 Å². The quantitative estimate of drug-likeness (QED) is 0.307. The Morgan fingerprint density at radius 1 is 1.25 bits per heavy atom. The van der Waals surface area contributed by atoms with E-state index in [1.54, 1.807) is 0 Å². The molecule has 2 rings (SSSR count). The molecule has 2 aliphatic rings. The van der Waals surface area contributed by atoms with Crippen LogP contribution in [0.3, 0.4) is 0 Å². The molecule has 0 amide bonds. The van der Waals surface area contributed by atoms with Crippen LogP contribution in [0.5, 0.6) is 0 Å². The second-order valence-electron chi connectivity index (χ2n) is 11.2. The molecule has 0 bridgehead atoms. The van der Waals surface area contributed by atoms with Crippen LogP contribution in [0.15, 0.2) is 34.9 Å². The Kier molecular flexibility index (Phi) is 9.82. The van der Waals surface area contributed by atoms with Crippen LogP contribution in [0.2, 0.25) is 0 Å². The number of ether oxygens (including phenoxy) is 1. The smallest absolute Gasteiger partial charge is 0.111 e. The summed E-state index contributed by atoms with van der Waals surface area (Å²) in [5.74, 6) is 0.679. The van der Waals surface area contributed by atoms with Gasteiger partial charge in [0, 0.05) is 0 Å². The van der Waals surface area contributed by atoms with Gasteiger partial charge in [0.25, 0.3) is 0 Å². The normalized spacial score (nSPS) is 31.4.